The lowest BCUT2D eigenvalue weighted by atomic mass is 10.1. The summed E-state index contributed by atoms with van der Waals surface area (Å²) in [7, 11) is 0. The fraction of sp³-hybridized carbons (Fsp3) is 0.571. The molecule has 0 saturated carbocycles. The number of allylic oxidation sites excluding steroid dienone is 1. The van der Waals surface area contributed by atoms with Crippen molar-refractivity contribution in [2.24, 2.45) is 5.92 Å². The minimum absolute atomic E-state index is 0.0239. The zero-order chi connectivity index (χ0) is 7.28. The predicted octanol–water partition coefficient (Wildman–Crippen LogP) is 2.35. The molecule has 0 heterocycles. The molecule has 0 radical (unpaired) electrons. The first-order valence-corrected chi connectivity index (χ1v) is 3.40. The monoisotopic (exact) mass is 146 g/mol. The lowest BCUT2D eigenvalue weighted by molar-refractivity contribution is -0.115. The van der Waals surface area contributed by atoms with Crippen LogP contribution >= 0.6 is 11.6 Å². The Bertz CT molecular complexity index is 109. The van der Waals surface area contributed by atoms with Gasteiger partial charge in [0.25, 0.3) is 0 Å². The molecule has 0 aliphatic rings. The third-order valence-corrected chi connectivity index (χ3v) is 1.57. The second kappa shape index (κ2) is 4.57. The molecule has 0 amide bonds. The van der Waals surface area contributed by atoms with Crippen LogP contribution in [0.1, 0.15) is 19.8 Å². The quantitative estimate of drug-likeness (QED) is 0.440. The highest BCUT2D eigenvalue weighted by atomic mass is 35.5. The summed E-state index contributed by atoms with van der Waals surface area (Å²) in [5.74, 6) is -0.0239. The van der Waals surface area contributed by atoms with Crippen LogP contribution in [0.4, 0.5) is 0 Å². The number of rotatable bonds is 4. The highest BCUT2D eigenvalue weighted by Crippen LogP contribution is 2.11. The number of hydrogen-bond acceptors (Lipinski definition) is 1. The van der Waals surface area contributed by atoms with Gasteiger partial charge in [-0.25, -0.2) is 0 Å². The summed E-state index contributed by atoms with van der Waals surface area (Å²) < 4.78 is 0. The smallest absolute Gasteiger partial charge is 0.225 e. The molecule has 0 spiro atoms. The standard InChI is InChI=1S/C7H11ClO/c1-3-5-6(4-2)7(8)9/h3,6H,1,4-5H2,2H3. The second-order valence-electron chi connectivity index (χ2n) is 1.93. The molecule has 0 aromatic rings. The summed E-state index contributed by atoms with van der Waals surface area (Å²) in [6.45, 7) is 5.46. The Morgan fingerprint density at radius 2 is 2.44 bits per heavy atom. The molecule has 0 fully saturated rings. The summed E-state index contributed by atoms with van der Waals surface area (Å²) in [5, 5.41) is -0.252. The lowest BCUT2D eigenvalue weighted by Crippen LogP contribution is -2.05. The van der Waals surface area contributed by atoms with E-state index in [1.165, 1.54) is 0 Å². The van der Waals surface area contributed by atoms with Gasteiger partial charge in [-0.3, -0.25) is 4.79 Å². The second-order valence-corrected chi connectivity index (χ2v) is 2.31. The Balaban J connectivity index is 3.67. The van der Waals surface area contributed by atoms with Gasteiger partial charge in [0.2, 0.25) is 5.24 Å². The molecule has 0 N–H and O–H groups in total. The van der Waals surface area contributed by atoms with Crippen molar-refractivity contribution < 1.29 is 4.79 Å². The van der Waals surface area contributed by atoms with Gasteiger partial charge in [-0.05, 0) is 24.4 Å². The average molecular weight is 147 g/mol. The van der Waals surface area contributed by atoms with Gasteiger partial charge in [-0.1, -0.05) is 13.0 Å². The molecule has 52 valence electrons. The molecule has 1 atom stereocenters. The number of halogens is 1. The summed E-state index contributed by atoms with van der Waals surface area (Å²) in [4.78, 5) is 10.5. The van der Waals surface area contributed by atoms with Crippen LogP contribution in [0.2, 0.25) is 0 Å². The van der Waals surface area contributed by atoms with E-state index in [-0.39, 0.29) is 11.2 Å². The molecule has 1 unspecified atom stereocenters. The van der Waals surface area contributed by atoms with Crippen molar-refractivity contribution in [1.82, 2.24) is 0 Å². The van der Waals surface area contributed by atoms with Gasteiger partial charge in [0.05, 0.1) is 0 Å². The molecule has 9 heavy (non-hydrogen) atoms. The zero-order valence-corrected chi connectivity index (χ0v) is 6.32. The first-order valence-electron chi connectivity index (χ1n) is 3.02. The minimum Gasteiger partial charge on any atom is -0.281 e. The topological polar surface area (TPSA) is 17.1 Å². The summed E-state index contributed by atoms with van der Waals surface area (Å²) in [5.41, 5.74) is 0. The third kappa shape index (κ3) is 3.31. The van der Waals surface area contributed by atoms with E-state index in [1.807, 2.05) is 6.92 Å². The van der Waals surface area contributed by atoms with E-state index in [1.54, 1.807) is 6.08 Å². The van der Waals surface area contributed by atoms with Crippen LogP contribution in [0.25, 0.3) is 0 Å². The van der Waals surface area contributed by atoms with Gasteiger partial charge < -0.3 is 0 Å². The summed E-state index contributed by atoms with van der Waals surface area (Å²) in [6, 6.07) is 0. The molecule has 2 heteroatoms. The highest BCUT2D eigenvalue weighted by Gasteiger charge is 2.10. The molecule has 0 bridgehead atoms. The van der Waals surface area contributed by atoms with Gasteiger partial charge in [-0.15, -0.1) is 6.58 Å². The Morgan fingerprint density at radius 1 is 1.89 bits per heavy atom. The van der Waals surface area contributed by atoms with Crippen LogP contribution in [0.5, 0.6) is 0 Å². The number of carbonyl (C=O) groups is 1. The molecule has 1 nitrogen and oxygen atoms in total. The van der Waals surface area contributed by atoms with Gasteiger partial charge in [0, 0.05) is 5.92 Å². The van der Waals surface area contributed by atoms with Crippen LogP contribution in [0.15, 0.2) is 12.7 Å². The maximum absolute atomic E-state index is 10.5. The van der Waals surface area contributed by atoms with Crippen molar-refractivity contribution in [3.8, 4) is 0 Å². The maximum atomic E-state index is 10.5. The normalized spacial score (nSPS) is 12.7. The average Bonchev–Trinajstić information content (AvgIpc) is 1.82. The van der Waals surface area contributed by atoms with E-state index in [4.69, 9.17) is 11.6 Å². The fourth-order valence-corrected chi connectivity index (χ4v) is 0.864. The maximum Gasteiger partial charge on any atom is 0.225 e. The highest BCUT2D eigenvalue weighted by molar-refractivity contribution is 6.63. The summed E-state index contributed by atoms with van der Waals surface area (Å²) in [6.07, 6.45) is 3.21. The Kier molecular flexibility index (Phi) is 4.41. The van der Waals surface area contributed by atoms with Crippen LogP contribution < -0.4 is 0 Å². The van der Waals surface area contributed by atoms with E-state index >= 15 is 0 Å². The lowest BCUT2D eigenvalue weighted by Gasteiger charge is -2.03. The SMILES string of the molecule is C=CCC(CC)C(=O)Cl. The molecular weight excluding hydrogens is 136 g/mol. The Labute approximate surface area is 60.7 Å². The van der Waals surface area contributed by atoms with Gasteiger partial charge >= 0.3 is 0 Å². The largest absolute Gasteiger partial charge is 0.281 e. The van der Waals surface area contributed by atoms with Crippen LogP contribution in [0, 0.1) is 5.92 Å². The Hall–Kier alpha value is -0.300. The van der Waals surface area contributed by atoms with E-state index in [2.05, 4.69) is 6.58 Å². The molecule has 0 aliphatic carbocycles. The molecule has 0 saturated heterocycles. The number of hydrogen-bond donors (Lipinski definition) is 0. The molecule has 0 rings (SSSR count). The van der Waals surface area contributed by atoms with Crippen molar-refractivity contribution in [3.63, 3.8) is 0 Å². The first kappa shape index (κ1) is 8.70. The van der Waals surface area contributed by atoms with E-state index < -0.39 is 0 Å². The van der Waals surface area contributed by atoms with Crippen molar-refractivity contribution in [2.45, 2.75) is 19.8 Å². The third-order valence-electron chi connectivity index (χ3n) is 1.26. The summed E-state index contributed by atoms with van der Waals surface area (Å²) >= 11 is 5.24. The van der Waals surface area contributed by atoms with Crippen molar-refractivity contribution >= 4 is 16.8 Å². The molecule has 0 aromatic heterocycles. The molecular formula is C7H11ClO. The van der Waals surface area contributed by atoms with E-state index in [0.717, 1.165) is 6.42 Å². The van der Waals surface area contributed by atoms with Crippen molar-refractivity contribution in [1.29, 1.82) is 0 Å². The molecule has 0 aromatic carbocycles. The van der Waals surface area contributed by atoms with Crippen LogP contribution in [0.3, 0.4) is 0 Å². The number of carbonyl (C=O) groups excluding carboxylic acids is 1. The van der Waals surface area contributed by atoms with Crippen molar-refractivity contribution in [3.05, 3.63) is 12.7 Å². The van der Waals surface area contributed by atoms with Crippen LogP contribution in [-0.4, -0.2) is 5.24 Å². The zero-order valence-electron chi connectivity index (χ0n) is 5.56. The van der Waals surface area contributed by atoms with Gasteiger partial charge in [0.15, 0.2) is 0 Å². The van der Waals surface area contributed by atoms with Gasteiger partial charge in [-0.2, -0.15) is 0 Å². The molecule has 0 aliphatic heterocycles. The fourth-order valence-electron chi connectivity index (χ4n) is 0.621. The van der Waals surface area contributed by atoms with Gasteiger partial charge in [0.1, 0.15) is 0 Å². The van der Waals surface area contributed by atoms with E-state index in [9.17, 15) is 4.79 Å². The first-order chi connectivity index (χ1) is 4.22. The van der Waals surface area contributed by atoms with Crippen molar-refractivity contribution in [2.75, 3.05) is 0 Å². The Morgan fingerprint density at radius 3 is 2.56 bits per heavy atom. The van der Waals surface area contributed by atoms with Crippen LogP contribution in [-0.2, 0) is 4.79 Å². The minimum atomic E-state index is -0.252. The van der Waals surface area contributed by atoms with E-state index in [0.29, 0.717) is 6.42 Å². The predicted molar refractivity (Wildman–Crippen MR) is 39.5 cm³/mol.